The Kier molecular flexibility index (Phi) is 1.68. The lowest BCUT2D eigenvalue weighted by molar-refractivity contribution is 0.235. The molecule has 46 valence electrons. The van der Waals surface area contributed by atoms with E-state index in [9.17, 15) is 4.79 Å². The molecule has 1 heterocycles. The van der Waals surface area contributed by atoms with Gasteiger partial charge in [-0.2, -0.15) is 0 Å². The van der Waals surface area contributed by atoms with Gasteiger partial charge in [0.1, 0.15) is 5.50 Å². The number of alkyl halides is 1. The zero-order chi connectivity index (χ0) is 6.15. The fourth-order valence-corrected chi connectivity index (χ4v) is 1.64. The molecule has 1 aliphatic heterocycles. The van der Waals surface area contributed by atoms with E-state index < -0.39 is 0 Å². The molecule has 1 unspecified atom stereocenters. The van der Waals surface area contributed by atoms with E-state index in [2.05, 4.69) is 0 Å². The van der Waals surface area contributed by atoms with Gasteiger partial charge in [-0.15, -0.1) is 0 Å². The zero-order valence-electron chi connectivity index (χ0n) is 4.43. The standard InChI is InChI=1S/C4H6ClNOS/c1-6-3(5)2-8-4(6)7/h3H,2H2,1H3. The predicted octanol–water partition coefficient (Wildman–Crippen LogP) is 1.35. The molecule has 0 radical (unpaired) electrons. The normalized spacial score (nSPS) is 29.5. The summed E-state index contributed by atoms with van der Waals surface area (Å²) in [6, 6.07) is 0. The van der Waals surface area contributed by atoms with Gasteiger partial charge in [-0.3, -0.25) is 4.79 Å². The smallest absolute Gasteiger partial charge is 0.282 e. The van der Waals surface area contributed by atoms with Crippen LogP contribution < -0.4 is 0 Å². The van der Waals surface area contributed by atoms with E-state index in [1.54, 1.807) is 7.05 Å². The van der Waals surface area contributed by atoms with Crippen molar-refractivity contribution in [2.24, 2.45) is 0 Å². The molecule has 0 saturated carbocycles. The molecule has 0 aromatic carbocycles. The third-order valence-electron chi connectivity index (χ3n) is 1.05. The van der Waals surface area contributed by atoms with Gasteiger partial charge < -0.3 is 4.90 Å². The molecule has 1 aliphatic rings. The molecule has 0 aromatic rings. The Bertz CT molecular complexity index is 119. The highest BCUT2D eigenvalue weighted by Crippen LogP contribution is 2.23. The van der Waals surface area contributed by atoms with Crippen LogP contribution in [0.2, 0.25) is 0 Å². The Hall–Kier alpha value is 0.110. The fraction of sp³-hybridized carbons (Fsp3) is 0.750. The van der Waals surface area contributed by atoms with Crippen LogP contribution in [0, 0.1) is 0 Å². The molecular weight excluding hydrogens is 146 g/mol. The van der Waals surface area contributed by atoms with Crippen LogP contribution in [0.5, 0.6) is 0 Å². The first-order valence-electron chi connectivity index (χ1n) is 2.25. The molecule has 0 aliphatic carbocycles. The monoisotopic (exact) mass is 151 g/mol. The molecule has 4 heteroatoms. The second-order valence-corrected chi connectivity index (χ2v) is 3.10. The Balaban J connectivity index is 2.56. The number of hydrogen-bond acceptors (Lipinski definition) is 2. The highest BCUT2D eigenvalue weighted by atomic mass is 35.5. The highest BCUT2D eigenvalue weighted by Gasteiger charge is 2.25. The van der Waals surface area contributed by atoms with E-state index in [-0.39, 0.29) is 10.7 Å². The average Bonchev–Trinajstić information content (AvgIpc) is 1.98. The molecule has 1 fully saturated rings. The second-order valence-electron chi connectivity index (χ2n) is 1.62. The van der Waals surface area contributed by atoms with E-state index in [1.807, 2.05) is 0 Å². The topological polar surface area (TPSA) is 20.3 Å². The number of carbonyl (C=O) groups excluding carboxylic acids is 1. The van der Waals surface area contributed by atoms with Crippen molar-refractivity contribution < 1.29 is 4.79 Å². The molecule has 0 N–H and O–H groups in total. The Morgan fingerprint density at radius 2 is 2.62 bits per heavy atom. The molecule has 0 spiro atoms. The van der Waals surface area contributed by atoms with E-state index in [0.29, 0.717) is 0 Å². The molecule has 0 aromatic heterocycles. The lowest BCUT2D eigenvalue weighted by Gasteiger charge is -2.09. The minimum atomic E-state index is -0.0903. The van der Waals surface area contributed by atoms with Gasteiger partial charge in [-0.25, -0.2) is 0 Å². The van der Waals surface area contributed by atoms with E-state index in [4.69, 9.17) is 11.6 Å². The van der Waals surface area contributed by atoms with E-state index >= 15 is 0 Å². The number of nitrogens with zero attached hydrogens (tertiary/aromatic N) is 1. The van der Waals surface area contributed by atoms with Gasteiger partial charge in [0.15, 0.2) is 0 Å². The molecule has 1 amide bonds. The van der Waals surface area contributed by atoms with Gasteiger partial charge in [0.05, 0.1) is 0 Å². The van der Waals surface area contributed by atoms with E-state index in [1.165, 1.54) is 16.7 Å². The first-order chi connectivity index (χ1) is 3.72. The van der Waals surface area contributed by atoms with Crippen molar-refractivity contribution in [2.45, 2.75) is 5.50 Å². The van der Waals surface area contributed by atoms with Crippen LogP contribution in [-0.2, 0) is 0 Å². The maximum absolute atomic E-state index is 10.6. The predicted molar refractivity (Wildman–Crippen MR) is 35.3 cm³/mol. The lowest BCUT2D eigenvalue weighted by Crippen LogP contribution is -2.23. The number of thioether (sulfide) groups is 1. The van der Waals surface area contributed by atoms with Crippen molar-refractivity contribution in [2.75, 3.05) is 12.8 Å². The van der Waals surface area contributed by atoms with Crippen molar-refractivity contribution in [3.63, 3.8) is 0 Å². The van der Waals surface area contributed by atoms with Crippen LogP contribution >= 0.6 is 23.4 Å². The lowest BCUT2D eigenvalue weighted by atomic mass is 10.7. The maximum atomic E-state index is 10.6. The van der Waals surface area contributed by atoms with Gasteiger partial charge >= 0.3 is 0 Å². The van der Waals surface area contributed by atoms with Crippen LogP contribution in [0.3, 0.4) is 0 Å². The summed E-state index contributed by atoms with van der Waals surface area (Å²) in [6.07, 6.45) is 0. The third-order valence-corrected chi connectivity index (χ3v) is 2.70. The Labute approximate surface area is 57.2 Å². The molecule has 1 saturated heterocycles. The number of hydrogen-bond donors (Lipinski definition) is 0. The quantitative estimate of drug-likeness (QED) is 0.385. The fourth-order valence-electron chi connectivity index (χ4n) is 0.468. The molecule has 1 atom stereocenters. The van der Waals surface area contributed by atoms with Crippen LogP contribution in [-0.4, -0.2) is 28.4 Å². The van der Waals surface area contributed by atoms with Crippen molar-refractivity contribution in [1.29, 1.82) is 0 Å². The SMILES string of the molecule is CN1C(=O)SCC1Cl. The van der Waals surface area contributed by atoms with E-state index in [0.717, 1.165) is 5.75 Å². The van der Waals surface area contributed by atoms with Crippen molar-refractivity contribution in [3.8, 4) is 0 Å². The summed E-state index contributed by atoms with van der Waals surface area (Å²) in [6.45, 7) is 0. The van der Waals surface area contributed by atoms with Crippen molar-refractivity contribution >= 4 is 28.6 Å². The van der Waals surface area contributed by atoms with Crippen LogP contribution in [0.25, 0.3) is 0 Å². The largest absolute Gasteiger partial charge is 0.319 e. The molecule has 2 nitrogen and oxygen atoms in total. The van der Waals surface area contributed by atoms with Gasteiger partial charge in [0.25, 0.3) is 5.24 Å². The number of rotatable bonds is 0. The first-order valence-corrected chi connectivity index (χ1v) is 3.67. The summed E-state index contributed by atoms with van der Waals surface area (Å²) in [5.74, 6) is 0.719. The first kappa shape index (κ1) is 6.23. The van der Waals surface area contributed by atoms with Crippen LogP contribution in [0.15, 0.2) is 0 Å². The van der Waals surface area contributed by atoms with Crippen LogP contribution in [0.1, 0.15) is 0 Å². The summed E-state index contributed by atoms with van der Waals surface area (Å²) in [5, 5.41) is 0.0741. The molecule has 1 rings (SSSR count). The summed E-state index contributed by atoms with van der Waals surface area (Å²) < 4.78 is 0. The van der Waals surface area contributed by atoms with Gasteiger partial charge in [0.2, 0.25) is 0 Å². The van der Waals surface area contributed by atoms with Gasteiger partial charge in [-0.05, 0) is 0 Å². The minimum Gasteiger partial charge on any atom is -0.319 e. The minimum absolute atomic E-state index is 0.0741. The van der Waals surface area contributed by atoms with Crippen LogP contribution in [0.4, 0.5) is 4.79 Å². The number of amides is 1. The molecular formula is C4H6ClNOS. The Morgan fingerprint density at radius 3 is 2.75 bits per heavy atom. The number of halogens is 1. The summed E-state index contributed by atoms with van der Waals surface area (Å²) >= 11 is 6.91. The molecule has 8 heavy (non-hydrogen) atoms. The average molecular weight is 152 g/mol. The molecule has 0 bridgehead atoms. The summed E-state index contributed by atoms with van der Waals surface area (Å²) in [4.78, 5) is 12.1. The zero-order valence-corrected chi connectivity index (χ0v) is 6.00. The van der Waals surface area contributed by atoms with Crippen molar-refractivity contribution in [1.82, 2.24) is 4.90 Å². The maximum Gasteiger partial charge on any atom is 0.282 e. The summed E-state index contributed by atoms with van der Waals surface area (Å²) in [7, 11) is 1.71. The highest BCUT2D eigenvalue weighted by molar-refractivity contribution is 8.14. The number of carbonyl (C=O) groups is 1. The second kappa shape index (κ2) is 2.15. The Morgan fingerprint density at radius 1 is 2.00 bits per heavy atom. The van der Waals surface area contributed by atoms with Gasteiger partial charge in [-0.1, -0.05) is 23.4 Å². The summed E-state index contributed by atoms with van der Waals surface area (Å²) in [5.41, 5.74) is -0.0903. The van der Waals surface area contributed by atoms with Gasteiger partial charge in [0, 0.05) is 12.8 Å². The third kappa shape index (κ3) is 0.928. The van der Waals surface area contributed by atoms with Crippen molar-refractivity contribution in [3.05, 3.63) is 0 Å².